The van der Waals surface area contributed by atoms with Gasteiger partial charge in [0.05, 0.1) is 4.92 Å². The fraction of sp³-hybridized carbons (Fsp3) is 0.0909. The second kappa shape index (κ2) is 8.23. The number of anilines is 1. The molecule has 0 radical (unpaired) electrons. The molecule has 4 aromatic rings. The van der Waals surface area contributed by atoms with Crippen molar-refractivity contribution in [3.63, 3.8) is 0 Å². The minimum absolute atomic E-state index is 0.0350. The van der Waals surface area contributed by atoms with Crippen molar-refractivity contribution < 1.29 is 18.6 Å². The molecule has 0 aliphatic rings. The summed E-state index contributed by atoms with van der Waals surface area (Å²) in [6, 6.07) is 13.0. The van der Waals surface area contributed by atoms with Gasteiger partial charge in [0.25, 0.3) is 0 Å². The van der Waals surface area contributed by atoms with E-state index in [1.165, 1.54) is 37.3 Å². The number of nitrogens with one attached hydrogen (secondary N) is 1. The minimum atomic E-state index is -0.533. The maximum absolute atomic E-state index is 13.0. The lowest BCUT2D eigenvalue weighted by atomic mass is 10.1. The number of para-hydroxylation sites is 1. The Labute approximate surface area is 175 Å². The van der Waals surface area contributed by atoms with Crippen molar-refractivity contribution in [2.45, 2.75) is 13.5 Å². The fourth-order valence-electron chi connectivity index (χ4n) is 3.31. The molecule has 2 aromatic carbocycles. The zero-order valence-electron chi connectivity index (χ0n) is 16.4. The van der Waals surface area contributed by atoms with Gasteiger partial charge in [-0.3, -0.25) is 14.9 Å². The summed E-state index contributed by atoms with van der Waals surface area (Å²) in [6.07, 6.45) is 4.95. The molecule has 0 aliphatic carbocycles. The molecular weight excluding hydrogens is 403 g/mol. The van der Waals surface area contributed by atoms with E-state index in [4.69, 9.17) is 4.52 Å². The van der Waals surface area contributed by atoms with Crippen molar-refractivity contribution >= 4 is 40.3 Å². The number of fused-ring (bicyclic) bond motifs is 1. The first-order chi connectivity index (χ1) is 14.9. The number of halogens is 1. The van der Waals surface area contributed by atoms with Crippen molar-refractivity contribution in [3.8, 4) is 0 Å². The summed E-state index contributed by atoms with van der Waals surface area (Å²) in [4.78, 5) is 23.2. The second-order valence-corrected chi connectivity index (χ2v) is 6.86. The van der Waals surface area contributed by atoms with E-state index >= 15 is 0 Å². The van der Waals surface area contributed by atoms with Crippen molar-refractivity contribution in [1.29, 1.82) is 0 Å². The number of aromatic nitrogens is 2. The van der Waals surface area contributed by atoms with Gasteiger partial charge in [0.1, 0.15) is 12.4 Å². The summed E-state index contributed by atoms with van der Waals surface area (Å²) in [5.74, 6) is -0.606. The lowest BCUT2D eigenvalue weighted by Gasteiger charge is -2.07. The second-order valence-electron chi connectivity index (χ2n) is 6.86. The Balaban J connectivity index is 1.61. The molecule has 0 aliphatic heterocycles. The number of amides is 1. The van der Waals surface area contributed by atoms with E-state index in [1.807, 2.05) is 24.3 Å². The van der Waals surface area contributed by atoms with Crippen molar-refractivity contribution in [2.75, 3.05) is 5.32 Å². The normalized spacial score (nSPS) is 11.3. The quantitative estimate of drug-likeness (QED) is 0.357. The molecular formula is C22H17FN4O4. The molecule has 1 N–H and O–H groups in total. The van der Waals surface area contributed by atoms with Gasteiger partial charge in [-0.2, -0.15) is 0 Å². The molecule has 31 heavy (non-hydrogen) atoms. The van der Waals surface area contributed by atoms with Crippen LogP contribution in [0.1, 0.15) is 17.0 Å². The molecule has 1 amide bonds. The van der Waals surface area contributed by atoms with Gasteiger partial charge in [0, 0.05) is 28.4 Å². The van der Waals surface area contributed by atoms with Crippen LogP contribution in [0, 0.1) is 22.9 Å². The van der Waals surface area contributed by atoms with Gasteiger partial charge >= 0.3 is 5.69 Å². The average Bonchev–Trinajstić information content (AvgIpc) is 3.28. The summed E-state index contributed by atoms with van der Waals surface area (Å²) in [6.45, 7) is 1.54. The van der Waals surface area contributed by atoms with Gasteiger partial charge in [0.2, 0.25) is 11.7 Å². The SMILES string of the molecule is Cc1noc(/C=C/c2cn(CC(=O)Nc3ccc(F)cc3)c3ccccc23)c1[N+](=O)[O-]. The molecule has 0 unspecified atom stereocenters. The van der Waals surface area contributed by atoms with Gasteiger partial charge in [-0.05, 0) is 49.4 Å². The van der Waals surface area contributed by atoms with Crippen LogP contribution in [-0.2, 0) is 11.3 Å². The predicted octanol–water partition coefficient (Wildman–Crippen LogP) is 4.79. The number of hydrogen-bond acceptors (Lipinski definition) is 5. The van der Waals surface area contributed by atoms with E-state index in [-0.39, 0.29) is 35.4 Å². The molecule has 0 bridgehead atoms. The van der Waals surface area contributed by atoms with Crippen LogP contribution >= 0.6 is 0 Å². The summed E-state index contributed by atoms with van der Waals surface area (Å²) in [5.41, 5.74) is 2.09. The molecule has 0 fully saturated rings. The van der Waals surface area contributed by atoms with E-state index in [1.54, 1.807) is 16.8 Å². The topological polar surface area (TPSA) is 103 Å². The van der Waals surface area contributed by atoms with Crippen molar-refractivity contribution in [2.24, 2.45) is 0 Å². The molecule has 156 valence electrons. The molecule has 0 saturated heterocycles. The molecule has 4 rings (SSSR count). The largest absolute Gasteiger partial charge is 0.349 e. The molecule has 2 aromatic heterocycles. The first kappa shape index (κ1) is 20.0. The van der Waals surface area contributed by atoms with Crippen LogP contribution in [0.4, 0.5) is 15.8 Å². The van der Waals surface area contributed by atoms with Gasteiger partial charge in [-0.1, -0.05) is 23.4 Å². The van der Waals surface area contributed by atoms with E-state index in [2.05, 4.69) is 10.5 Å². The van der Waals surface area contributed by atoms with Crippen LogP contribution in [0.3, 0.4) is 0 Å². The van der Waals surface area contributed by atoms with Crippen molar-refractivity contribution in [3.05, 3.63) is 87.7 Å². The predicted molar refractivity (Wildman–Crippen MR) is 114 cm³/mol. The van der Waals surface area contributed by atoms with Crippen LogP contribution in [0.2, 0.25) is 0 Å². The molecule has 0 spiro atoms. The van der Waals surface area contributed by atoms with Crippen LogP contribution in [0.15, 0.2) is 59.3 Å². The highest BCUT2D eigenvalue weighted by atomic mass is 19.1. The summed E-state index contributed by atoms with van der Waals surface area (Å²) in [5, 5.41) is 18.5. The summed E-state index contributed by atoms with van der Waals surface area (Å²) in [7, 11) is 0. The molecule has 0 saturated carbocycles. The van der Waals surface area contributed by atoms with Crippen LogP contribution in [-0.4, -0.2) is 20.6 Å². The number of carbonyl (C=O) groups is 1. The minimum Gasteiger partial charge on any atom is -0.349 e. The van der Waals surface area contributed by atoms with E-state index in [0.29, 0.717) is 5.69 Å². The first-order valence-corrected chi connectivity index (χ1v) is 9.34. The summed E-state index contributed by atoms with van der Waals surface area (Å²) >= 11 is 0. The Hall–Kier alpha value is -4.27. The Morgan fingerprint density at radius 1 is 1.23 bits per heavy atom. The van der Waals surface area contributed by atoms with E-state index in [9.17, 15) is 19.3 Å². The number of aryl methyl sites for hydroxylation is 1. The maximum atomic E-state index is 13.0. The van der Waals surface area contributed by atoms with E-state index in [0.717, 1.165) is 16.5 Å². The number of rotatable bonds is 6. The Morgan fingerprint density at radius 2 is 1.97 bits per heavy atom. The Morgan fingerprint density at radius 3 is 2.71 bits per heavy atom. The number of carbonyl (C=O) groups excluding carboxylic acids is 1. The highest BCUT2D eigenvalue weighted by molar-refractivity contribution is 5.95. The Kier molecular flexibility index (Phi) is 5.31. The number of nitrogens with zero attached hydrogens (tertiary/aromatic N) is 3. The van der Waals surface area contributed by atoms with Crippen molar-refractivity contribution in [1.82, 2.24) is 9.72 Å². The van der Waals surface area contributed by atoms with Gasteiger partial charge in [0.15, 0.2) is 5.69 Å². The van der Waals surface area contributed by atoms with Crippen LogP contribution in [0.5, 0.6) is 0 Å². The number of benzene rings is 2. The lowest BCUT2D eigenvalue weighted by Crippen LogP contribution is -2.18. The fourth-order valence-corrected chi connectivity index (χ4v) is 3.31. The third-order valence-corrected chi connectivity index (χ3v) is 4.72. The van der Waals surface area contributed by atoms with Crippen LogP contribution in [0.25, 0.3) is 23.1 Å². The smallest absolute Gasteiger partial charge is 0.338 e. The molecule has 0 atom stereocenters. The van der Waals surface area contributed by atoms with Gasteiger partial charge in [-0.25, -0.2) is 4.39 Å². The number of hydrogen-bond donors (Lipinski definition) is 1. The van der Waals surface area contributed by atoms with Gasteiger partial charge in [-0.15, -0.1) is 0 Å². The molecule has 2 heterocycles. The number of nitro groups is 1. The highest BCUT2D eigenvalue weighted by Gasteiger charge is 2.22. The zero-order valence-corrected chi connectivity index (χ0v) is 16.4. The Bertz CT molecular complexity index is 1310. The summed E-state index contributed by atoms with van der Waals surface area (Å²) < 4.78 is 19.9. The molecule has 9 heteroatoms. The van der Waals surface area contributed by atoms with Crippen LogP contribution < -0.4 is 5.32 Å². The zero-order chi connectivity index (χ0) is 22.0. The third-order valence-electron chi connectivity index (χ3n) is 4.72. The first-order valence-electron chi connectivity index (χ1n) is 9.34. The van der Waals surface area contributed by atoms with E-state index < -0.39 is 4.92 Å². The maximum Gasteiger partial charge on any atom is 0.338 e. The lowest BCUT2D eigenvalue weighted by molar-refractivity contribution is -0.386. The third kappa shape index (κ3) is 4.20. The molecule has 8 nitrogen and oxygen atoms in total. The highest BCUT2D eigenvalue weighted by Crippen LogP contribution is 2.27. The average molecular weight is 420 g/mol. The standard InChI is InChI=1S/C22H17FN4O4/c1-14-22(27(29)30)20(31-25-14)11-6-15-12-26(19-5-3-2-4-18(15)19)13-21(28)24-17-9-7-16(23)8-10-17/h2-12H,13H2,1H3,(H,24,28)/b11-6+. The van der Waals surface area contributed by atoms with Gasteiger partial charge < -0.3 is 14.4 Å². The monoisotopic (exact) mass is 420 g/mol.